The molecule has 1 atom stereocenters. The van der Waals surface area contributed by atoms with Crippen LogP contribution in [0, 0.1) is 5.92 Å². The van der Waals surface area contributed by atoms with Gasteiger partial charge in [-0.25, -0.2) is 8.42 Å². The van der Waals surface area contributed by atoms with E-state index < -0.39 is 14.6 Å². The molecule has 0 amide bonds. The largest absolute Gasteiger partial charge is 0.312 e. The first kappa shape index (κ1) is 15.9. The first-order valence-corrected chi connectivity index (χ1v) is 8.68. The molecule has 0 saturated carbocycles. The van der Waals surface area contributed by atoms with E-state index in [0.717, 1.165) is 26.1 Å². The van der Waals surface area contributed by atoms with Crippen LogP contribution in [0.15, 0.2) is 0 Å². The minimum atomic E-state index is -3.01. The van der Waals surface area contributed by atoms with Crippen molar-refractivity contribution in [2.75, 3.05) is 32.4 Å². The van der Waals surface area contributed by atoms with E-state index in [4.69, 9.17) is 0 Å². The van der Waals surface area contributed by atoms with Crippen LogP contribution in [0.25, 0.3) is 0 Å². The summed E-state index contributed by atoms with van der Waals surface area (Å²) in [4.78, 5) is 2.30. The first-order chi connectivity index (χ1) is 8.13. The summed E-state index contributed by atoms with van der Waals surface area (Å²) in [5, 5.41) is 3.54. The smallest absolute Gasteiger partial charge is 0.153 e. The third-order valence-electron chi connectivity index (χ3n) is 3.93. The lowest BCUT2D eigenvalue weighted by atomic mass is 10.0. The van der Waals surface area contributed by atoms with E-state index in [-0.39, 0.29) is 0 Å². The van der Waals surface area contributed by atoms with Gasteiger partial charge in [0, 0.05) is 25.4 Å². The van der Waals surface area contributed by atoms with Crippen LogP contribution in [0.2, 0.25) is 0 Å². The molecule has 0 aromatic rings. The van der Waals surface area contributed by atoms with Crippen molar-refractivity contribution in [3.63, 3.8) is 0 Å². The van der Waals surface area contributed by atoms with Gasteiger partial charge in [0.25, 0.3) is 0 Å². The summed E-state index contributed by atoms with van der Waals surface area (Å²) in [6.07, 6.45) is 2.42. The third-order valence-corrected chi connectivity index (χ3v) is 6.06. The lowest BCUT2D eigenvalue weighted by Gasteiger charge is -2.33. The Balaban J connectivity index is 2.71. The minimum absolute atomic E-state index is 0.461. The third kappa shape index (κ3) is 4.21. The standard InChI is InChI=1S/C13H28N2O2S/c1-11(2)12-9-15(8-6-7-14-12)10-13(3,4)18(5,16)17/h11-12,14H,6-10H2,1-5H3. The van der Waals surface area contributed by atoms with Crippen molar-refractivity contribution in [1.82, 2.24) is 10.2 Å². The number of nitrogens with zero attached hydrogens (tertiary/aromatic N) is 1. The van der Waals surface area contributed by atoms with Crippen LogP contribution >= 0.6 is 0 Å². The molecular weight excluding hydrogens is 248 g/mol. The molecule has 1 N–H and O–H groups in total. The highest BCUT2D eigenvalue weighted by Crippen LogP contribution is 2.19. The van der Waals surface area contributed by atoms with Gasteiger partial charge in [0.15, 0.2) is 9.84 Å². The van der Waals surface area contributed by atoms with Crippen molar-refractivity contribution in [2.45, 2.75) is 44.9 Å². The Hall–Kier alpha value is -0.130. The van der Waals surface area contributed by atoms with E-state index in [9.17, 15) is 8.42 Å². The zero-order valence-electron chi connectivity index (χ0n) is 12.4. The summed E-state index contributed by atoms with van der Waals surface area (Å²) in [6.45, 7) is 11.6. The Morgan fingerprint density at radius 2 is 2.00 bits per heavy atom. The van der Waals surface area contributed by atoms with Crippen LogP contribution in [-0.2, 0) is 9.84 Å². The highest BCUT2D eigenvalue weighted by Gasteiger charge is 2.33. The van der Waals surface area contributed by atoms with Gasteiger partial charge in [0.1, 0.15) is 0 Å². The molecule has 1 heterocycles. The van der Waals surface area contributed by atoms with Crippen molar-refractivity contribution < 1.29 is 8.42 Å². The summed E-state index contributed by atoms with van der Waals surface area (Å²) >= 11 is 0. The number of hydrogen-bond acceptors (Lipinski definition) is 4. The van der Waals surface area contributed by atoms with Crippen molar-refractivity contribution in [1.29, 1.82) is 0 Å². The van der Waals surface area contributed by atoms with Crippen LogP contribution in [0.5, 0.6) is 0 Å². The molecule has 1 aliphatic heterocycles. The SMILES string of the molecule is CC(C)C1CN(CC(C)(C)S(C)(=O)=O)CCCN1. The van der Waals surface area contributed by atoms with E-state index in [2.05, 4.69) is 24.1 Å². The molecule has 108 valence electrons. The molecule has 0 aromatic carbocycles. The van der Waals surface area contributed by atoms with E-state index in [1.165, 1.54) is 6.26 Å². The maximum atomic E-state index is 11.8. The van der Waals surface area contributed by atoms with E-state index in [0.29, 0.717) is 18.5 Å². The maximum absolute atomic E-state index is 11.8. The molecule has 0 bridgehead atoms. The Bertz CT molecular complexity index is 363. The van der Waals surface area contributed by atoms with Crippen LogP contribution in [0.3, 0.4) is 0 Å². The number of nitrogens with one attached hydrogen (secondary N) is 1. The average molecular weight is 276 g/mol. The van der Waals surface area contributed by atoms with Gasteiger partial charge in [-0.1, -0.05) is 13.8 Å². The Labute approximate surface area is 112 Å². The normalized spacial score (nSPS) is 24.2. The summed E-state index contributed by atoms with van der Waals surface area (Å²) in [5.74, 6) is 0.576. The molecule has 5 heteroatoms. The molecule has 0 aliphatic carbocycles. The molecule has 4 nitrogen and oxygen atoms in total. The lowest BCUT2D eigenvalue weighted by molar-refractivity contribution is 0.229. The zero-order chi connectivity index (χ0) is 14.0. The monoisotopic (exact) mass is 276 g/mol. The molecule has 0 spiro atoms. The molecule has 0 radical (unpaired) electrons. The number of hydrogen-bond donors (Lipinski definition) is 1. The van der Waals surface area contributed by atoms with Crippen molar-refractivity contribution >= 4 is 9.84 Å². The van der Waals surface area contributed by atoms with E-state index in [1.54, 1.807) is 0 Å². The Morgan fingerprint density at radius 3 is 2.50 bits per heavy atom. The average Bonchev–Trinajstić information content (AvgIpc) is 2.40. The van der Waals surface area contributed by atoms with E-state index >= 15 is 0 Å². The fourth-order valence-corrected chi connectivity index (χ4v) is 2.69. The Kier molecular flexibility index (Phi) is 5.21. The summed E-state index contributed by atoms with van der Waals surface area (Å²) < 4.78 is 22.9. The zero-order valence-corrected chi connectivity index (χ0v) is 13.2. The van der Waals surface area contributed by atoms with Crippen molar-refractivity contribution in [2.24, 2.45) is 5.92 Å². The van der Waals surface area contributed by atoms with Gasteiger partial charge in [-0.2, -0.15) is 0 Å². The van der Waals surface area contributed by atoms with Gasteiger partial charge in [-0.15, -0.1) is 0 Å². The highest BCUT2D eigenvalue weighted by atomic mass is 32.2. The van der Waals surface area contributed by atoms with Crippen LogP contribution in [0.4, 0.5) is 0 Å². The maximum Gasteiger partial charge on any atom is 0.153 e. The molecular formula is C13H28N2O2S. The summed E-state index contributed by atoms with van der Waals surface area (Å²) in [5.41, 5.74) is 0. The molecule has 0 aromatic heterocycles. The van der Waals surface area contributed by atoms with Gasteiger partial charge in [-0.3, -0.25) is 0 Å². The van der Waals surface area contributed by atoms with E-state index in [1.807, 2.05) is 13.8 Å². The topological polar surface area (TPSA) is 49.4 Å². The predicted octanol–water partition coefficient (Wildman–Crippen LogP) is 1.13. The molecule has 1 rings (SSSR count). The summed E-state index contributed by atoms with van der Waals surface area (Å²) in [6, 6.07) is 0.461. The van der Waals surface area contributed by atoms with Gasteiger partial charge >= 0.3 is 0 Å². The van der Waals surface area contributed by atoms with Gasteiger partial charge < -0.3 is 10.2 Å². The molecule has 1 fully saturated rings. The fourth-order valence-electron chi connectivity index (χ4n) is 2.27. The second-order valence-electron chi connectivity index (χ2n) is 6.43. The molecule has 1 unspecified atom stereocenters. The molecule has 18 heavy (non-hydrogen) atoms. The first-order valence-electron chi connectivity index (χ1n) is 6.79. The van der Waals surface area contributed by atoms with Crippen LogP contribution in [0.1, 0.15) is 34.1 Å². The van der Waals surface area contributed by atoms with Crippen molar-refractivity contribution in [3.8, 4) is 0 Å². The predicted molar refractivity (Wildman–Crippen MR) is 76.6 cm³/mol. The fraction of sp³-hybridized carbons (Fsp3) is 1.00. The lowest BCUT2D eigenvalue weighted by Crippen LogP contribution is -2.48. The van der Waals surface area contributed by atoms with Crippen LogP contribution < -0.4 is 5.32 Å². The van der Waals surface area contributed by atoms with Crippen LogP contribution in [-0.4, -0.2) is 56.5 Å². The molecule has 1 saturated heterocycles. The summed E-state index contributed by atoms with van der Waals surface area (Å²) in [7, 11) is -3.01. The quantitative estimate of drug-likeness (QED) is 0.836. The second-order valence-corrected chi connectivity index (χ2v) is 9.07. The highest BCUT2D eigenvalue weighted by molar-refractivity contribution is 7.92. The number of rotatable bonds is 4. The second kappa shape index (κ2) is 5.88. The number of sulfone groups is 1. The van der Waals surface area contributed by atoms with Crippen molar-refractivity contribution in [3.05, 3.63) is 0 Å². The van der Waals surface area contributed by atoms with Gasteiger partial charge in [0.05, 0.1) is 4.75 Å². The minimum Gasteiger partial charge on any atom is -0.312 e. The van der Waals surface area contributed by atoms with Gasteiger partial charge in [0.2, 0.25) is 0 Å². The van der Waals surface area contributed by atoms with Gasteiger partial charge in [-0.05, 0) is 39.3 Å². The Morgan fingerprint density at radius 1 is 1.39 bits per heavy atom. The molecule has 1 aliphatic rings.